The zero-order chi connectivity index (χ0) is 13.2. The molecule has 1 aromatic heterocycles. The van der Waals surface area contributed by atoms with Gasteiger partial charge < -0.3 is 15.8 Å². The summed E-state index contributed by atoms with van der Waals surface area (Å²) in [5.41, 5.74) is 8.97. The van der Waals surface area contributed by atoms with Crippen molar-refractivity contribution in [3.8, 4) is 5.75 Å². The van der Waals surface area contributed by atoms with Gasteiger partial charge in [0, 0.05) is 6.07 Å². The summed E-state index contributed by atoms with van der Waals surface area (Å²) in [5.74, 6) is 0.962. The van der Waals surface area contributed by atoms with Crippen LogP contribution in [0.3, 0.4) is 0 Å². The number of aromatic nitrogens is 2. The zero-order valence-electron chi connectivity index (χ0n) is 10.4. The minimum absolute atomic E-state index is 0.183. The van der Waals surface area contributed by atoms with E-state index in [1.54, 1.807) is 18.2 Å². The van der Waals surface area contributed by atoms with Crippen molar-refractivity contribution in [1.82, 2.24) is 9.97 Å². The Labute approximate surface area is 110 Å². The number of aromatic amines is 1. The molecule has 1 unspecified atom stereocenters. The monoisotopic (exact) mass is 253 g/mol. The highest BCUT2D eigenvalue weighted by Gasteiger charge is 2.12. The number of H-pyrrole nitrogens is 1. The fraction of sp³-hybridized carbons (Fsp3) is 0.133. The van der Waals surface area contributed by atoms with Crippen LogP contribution in [0.5, 0.6) is 5.75 Å². The van der Waals surface area contributed by atoms with Crippen LogP contribution >= 0.6 is 0 Å². The molecule has 0 aliphatic heterocycles. The van der Waals surface area contributed by atoms with Gasteiger partial charge in [-0.15, -0.1) is 0 Å². The van der Waals surface area contributed by atoms with Crippen LogP contribution in [0.1, 0.15) is 17.4 Å². The standard InChI is InChI=1S/C15H15N3O/c16-12(8-10-4-2-1-3-5-10)15-17-13-7-6-11(19)9-14(13)18-15/h1-7,9,12,19H,8,16H2,(H,17,18). The Morgan fingerprint density at radius 2 is 1.95 bits per heavy atom. The molecule has 0 saturated heterocycles. The Hall–Kier alpha value is -2.33. The lowest BCUT2D eigenvalue weighted by molar-refractivity contribution is 0.476. The summed E-state index contributed by atoms with van der Waals surface area (Å²) in [6, 6.07) is 15.0. The Bertz CT molecular complexity index is 691. The predicted molar refractivity (Wildman–Crippen MR) is 74.8 cm³/mol. The van der Waals surface area contributed by atoms with Gasteiger partial charge in [0.1, 0.15) is 11.6 Å². The molecule has 2 aromatic carbocycles. The van der Waals surface area contributed by atoms with Gasteiger partial charge in [0.2, 0.25) is 0 Å². The van der Waals surface area contributed by atoms with Crippen molar-refractivity contribution >= 4 is 11.0 Å². The zero-order valence-corrected chi connectivity index (χ0v) is 10.4. The summed E-state index contributed by atoms with van der Waals surface area (Å²) >= 11 is 0. The molecule has 0 amide bonds. The van der Waals surface area contributed by atoms with E-state index >= 15 is 0 Å². The first-order chi connectivity index (χ1) is 9.22. The minimum atomic E-state index is -0.183. The summed E-state index contributed by atoms with van der Waals surface area (Å²) in [5, 5.41) is 9.43. The van der Waals surface area contributed by atoms with Gasteiger partial charge in [0.05, 0.1) is 17.1 Å². The van der Waals surface area contributed by atoms with Gasteiger partial charge in [-0.3, -0.25) is 0 Å². The second-order valence-electron chi connectivity index (χ2n) is 4.62. The van der Waals surface area contributed by atoms with Crippen molar-refractivity contribution in [2.75, 3.05) is 0 Å². The van der Waals surface area contributed by atoms with E-state index in [4.69, 9.17) is 5.73 Å². The summed E-state index contributed by atoms with van der Waals surface area (Å²) in [4.78, 5) is 7.62. The van der Waals surface area contributed by atoms with Crippen LogP contribution in [0, 0.1) is 0 Å². The average Bonchev–Trinajstić information content (AvgIpc) is 2.83. The number of aromatic hydroxyl groups is 1. The first kappa shape index (κ1) is 11.7. The van der Waals surface area contributed by atoms with Gasteiger partial charge in [-0.05, 0) is 24.1 Å². The Kier molecular flexibility index (Phi) is 2.93. The van der Waals surface area contributed by atoms with Crippen LogP contribution in [0.15, 0.2) is 48.5 Å². The Balaban J connectivity index is 1.87. The van der Waals surface area contributed by atoms with Gasteiger partial charge >= 0.3 is 0 Å². The van der Waals surface area contributed by atoms with Crippen LogP contribution < -0.4 is 5.73 Å². The Morgan fingerprint density at radius 3 is 2.74 bits per heavy atom. The number of imidazole rings is 1. The number of phenols is 1. The van der Waals surface area contributed by atoms with Crippen LogP contribution in [-0.4, -0.2) is 15.1 Å². The number of benzene rings is 2. The fourth-order valence-electron chi connectivity index (χ4n) is 2.16. The topological polar surface area (TPSA) is 74.9 Å². The summed E-state index contributed by atoms with van der Waals surface area (Å²) < 4.78 is 0. The normalized spacial score (nSPS) is 12.7. The van der Waals surface area contributed by atoms with Crippen molar-refractivity contribution in [2.45, 2.75) is 12.5 Å². The molecule has 96 valence electrons. The second-order valence-corrected chi connectivity index (χ2v) is 4.62. The molecule has 0 saturated carbocycles. The number of hydrogen-bond acceptors (Lipinski definition) is 3. The lowest BCUT2D eigenvalue weighted by Gasteiger charge is -2.08. The van der Waals surface area contributed by atoms with E-state index in [0.29, 0.717) is 0 Å². The van der Waals surface area contributed by atoms with Crippen LogP contribution in [0.2, 0.25) is 0 Å². The number of rotatable bonds is 3. The summed E-state index contributed by atoms with van der Waals surface area (Å²) in [7, 11) is 0. The molecule has 4 heteroatoms. The van der Waals surface area contributed by atoms with E-state index in [9.17, 15) is 5.11 Å². The smallest absolute Gasteiger partial charge is 0.124 e. The highest BCUT2D eigenvalue weighted by atomic mass is 16.3. The van der Waals surface area contributed by atoms with E-state index < -0.39 is 0 Å². The molecule has 0 bridgehead atoms. The fourth-order valence-corrected chi connectivity index (χ4v) is 2.16. The van der Waals surface area contributed by atoms with Crippen molar-refractivity contribution in [1.29, 1.82) is 0 Å². The van der Waals surface area contributed by atoms with E-state index in [-0.39, 0.29) is 11.8 Å². The minimum Gasteiger partial charge on any atom is -0.508 e. The van der Waals surface area contributed by atoms with Crippen molar-refractivity contribution < 1.29 is 5.11 Å². The molecule has 0 aliphatic carbocycles. The second kappa shape index (κ2) is 4.74. The van der Waals surface area contributed by atoms with Gasteiger partial charge in [-0.2, -0.15) is 0 Å². The Morgan fingerprint density at radius 1 is 1.16 bits per heavy atom. The molecule has 19 heavy (non-hydrogen) atoms. The lowest BCUT2D eigenvalue weighted by atomic mass is 10.1. The molecule has 3 aromatic rings. The molecule has 0 fully saturated rings. The van der Waals surface area contributed by atoms with Crippen molar-refractivity contribution in [2.24, 2.45) is 5.73 Å². The highest BCUT2D eigenvalue weighted by Crippen LogP contribution is 2.21. The molecule has 4 nitrogen and oxygen atoms in total. The van der Waals surface area contributed by atoms with E-state index in [1.165, 1.54) is 5.56 Å². The molecular weight excluding hydrogens is 238 g/mol. The quantitative estimate of drug-likeness (QED) is 0.671. The van der Waals surface area contributed by atoms with Gasteiger partial charge in [-0.1, -0.05) is 30.3 Å². The SMILES string of the molecule is NC(Cc1ccccc1)c1nc2ccc(O)cc2[nH]1. The first-order valence-electron chi connectivity index (χ1n) is 6.20. The maximum absolute atomic E-state index is 9.43. The van der Waals surface area contributed by atoms with E-state index in [0.717, 1.165) is 23.3 Å². The number of nitrogens with one attached hydrogen (secondary N) is 1. The van der Waals surface area contributed by atoms with Gasteiger partial charge in [0.15, 0.2) is 0 Å². The van der Waals surface area contributed by atoms with Crippen LogP contribution in [0.4, 0.5) is 0 Å². The van der Waals surface area contributed by atoms with E-state index in [2.05, 4.69) is 9.97 Å². The van der Waals surface area contributed by atoms with Crippen molar-refractivity contribution in [3.05, 3.63) is 59.9 Å². The number of hydrogen-bond donors (Lipinski definition) is 3. The van der Waals surface area contributed by atoms with E-state index in [1.807, 2.05) is 30.3 Å². The predicted octanol–water partition coefficient (Wildman–Crippen LogP) is 2.51. The maximum atomic E-state index is 9.43. The highest BCUT2D eigenvalue weighted by molar-refractivity contribution is 5.76. The van der Waals surface area contributed by atoms with Crippen LogP contribution in [0.25, 0.3) is 11.0 Å². The molecule has 0 spiro atoms. The largest absolute Gasteiger partial charge is 0.508 e. The van der Waals surface area contributed by atoms with Crippen LogP contribution in [-0.2, 0) is 6.42 Å². The van der Waals surface area contributed by atoms with Gasteiger partial charge in [0.25, 0.3) is 0 Å². The molecular formula is C15H15N3O. The molecule has 1 atom stereocenters. The number of nitrogens with two attached hydrogens (primary N) is 1. The molecule has 3 rings (SSSR count). The van der Waals surface area contributed by atoms with Gasteiger partial charge in [-0.25, -0.2) is 4.98 Å². The summed E-state index contributed by atoms with van der Waals surface area (Å²) in [6.45, 7) is 0. The number of nitrogens with zero attached hydrogens (tertiary/aromatic N) is 1. The number of phenolic OH excluding ortho intramolecular Hbond substituents is 1. The maximum Gasteiger partial charge on any atom is 0.124 e. The molecule has 1 heterocycles. The average molecular weight is 253 g/mol. The molecule has 0 radical (unpaired) electrons. The molecule has 4 N–H and O–H groups in total. The summed E-state index contributed by atoms with van der Waals surface area (Å²) in [6.07, 6.45) is 0.729. The molecule has 0 aliphatic rings. The number of fused-ring (bicyclic) bond motifs is 1. The third-order valence-corrected chi connectivity index (χ3v) is 3.13. The first-order valence-corrected chi connectivity index (χ1v) is 6.20. The third kappa shape index (κ3) is 2.44. The lowest BCUT2D eigenvalue weighted by Crippen LogP contribution is -2.14. The van der Waals surface area contributed by atoms with Crippen molar-refractivity contribution in [3.63, 3.8) is 0 Å². The third-order valence-electron chi connectivity index (χ3n) is 3.13.